The van der Waals surface area contributed by atoms with E-state index in [1.165, 1.54) is 24.0 Å². The summed E-state index contributed by atoms with van der Waals surface area (Å²) in [5, 5.41) is 4.40. The number of hydrogen-bond donors (Lipinski definition) is 1. The zero-order chi connectivity index (χ0) is 8.77. The summed E-state index contributed by atoms with van der Waals surface area (Å²) in [4.78, 5) is 0. The summed E-state index contributed by atoms with van der Waals surface area (Å²) >= 11 is 1.77. The summed E-state index contributed by atoms with van der Waals surface area (Å²) in [5.41, 5.74) is 9.08. The molecule has 12 heavy (non-hydrogen) atoms. The molecule has 2 unspecified atom stereocenters. The van der Waals surface area contributed by atoms with Crippen LogP contribution in [0.25, 0.3) is 0 Å². The molecule has 0 radical (unpaired) electrons. The molecule has 1 fully saturated rings. The Kier molecular flexibility index (Phi) is 1.77. The van der Waals surface area contributed by atoms with Crippen LogP contribution in [0.5, 0.6) is 0 Å². The lowest BCUT2D eigenvalue weighted by molar-refractivity contribution is 0.614. The first-order valence-corrected chi connectivity index (χ1v) is 5.45. The molecule has 1 aliphatic carbocycles. The lowest BCUT2D eigenvalue weighted by atomic mass is 10.0. The van der Waals surface area contributed by atoms with Gasteiger partial charge in [0.05, 0.1) is 0 Å². The van der Waals surface area contributed by atoms with Gasteiger partial charge in [0.1, 0.15) is 0 Å². The average Bonchev–Trinajstić information content (AvgIpc) is 2.50. The molecule has 0 spiro atoms. The topological polar surface area (TPSA) is 26.0 Å². The summed E-state index contributed by atoms with van der Waals surface area (Å²) in [6.07, 6.45) is 2.40. The molecular weight excluding hydrogens is 166 g/mol. The van der Waals surface area contributed by atoms with E-state index in [0.717, 1.165) is 5.92 Å². The molecule has 1 aromatic heterocycles. The van der Waals surface area contributed by atoms with E-state index in [-0.39, 0.29) is 5.54 Å². The monoisotopic (exact) mass is 181 g/mol. The number of nitrogens with two attached hydrogens (primary N) is 1. The van der Waals surface area contributed by atoms with Crippen molar-refractivity contribution in [2.45, 2.75) is 32.2 Å². The fraction of sp³-hybridized carbons (Fsp3) is 0.600. The lowest BCUT2D eigenvalue weighted by Crippen LogP contribution is -2.22. The van der Waals surface area contributed by atoms with Gasteiger partial charge in [-0.15, -0.1) is 0 Å². The fourth-order valence-corrected chi connectivity index (χ4v) is 2.97. The minimum Gasteiger partial charge on any atom is -0.321 e. The second kappa shape index (κ2) is 2.57. The molecule has 0 aromatic carbocycles. The van der Waals surface area contributed by atoms with Gasteiger partial charge >= 0.3 is 0 Å². The van der Waals surface area contributed by atoms with E-state index in [2.05, 4.69) is 24.6 Å². The lowest BCUT2D eigenvalue weighted by Gasteiger charge is -2.10. The average molecular weight is 181 g/mol. The van der Waals surface area contributed by atoms with E-state index in [1.807, 2.05) is 0 Å². The number of aryl methyl sites for hydroxylation is 1. The highest BCUT2D eigenvalue weighted by molar-refractivity contribution is 7.08. The number of rotatable bonds is 2. The first kappa shape index (κ1) is 8.27. The van der Waals surface area contributed by atoms with Gasteiger partial charge in [0.25, 0.3) is 0 Å². The van der Waals surface area contributed by atoms with Gasteiger partial charge in [0.2, 0.25) is 0 Å². The van der Waals surface area contributed by atoms with Crippen LogP contribution in [0.2, 0.25) is 0 Å². The Balaban J connectivity index is 2.27. The summed E-state index contributed by atoms with van der Waals surface area (Å²) < 4.78 is 0. The molecule has 1 aromatic rings. The maximum atomic E-state index is 6.27. The first-order valence-electron chi connectivity index (χ1n) is 4.50. The van der Waals surface area contributed by atoms with Crippen LogP contribution in [0.15, 0.2) is 10.8 Å². The van der Waals surface area contributed by atoms with E-state index in [9.17, 15) is 0 Å². The Morgan fingerprint density at radius 1 is 1.67 bits per heavy atom. The molecule has 1 saturated carbocycles. The molecule has 66 valence electrons. The highest BCUT2D eigenvalue weighted by atomic mass is 32.1. The molecule has 0 bridgehead atoms. The largest absolute Gasteiger partial charge is 0.321 e. The molecule has 2 rings (SSSR count). The molecule has 2 atom stereocenters. The number of thiophene rings is 1. The van der Waals surface area contributed by atoms with Gasteiger partial charge in [-0.3, -0.25) is 0 Å². The molecule has 2 N–H and O–H groups in total. The van der Waals surface area contributed by atoms with Crippen LogP contribution in [0, 0.1) is 12.8 Å². The Labute approximate surface area is 77.6 Å². The van der Waals surface area contributed by atoms with Crippen LogP contribution in [-0.2, 0) is 5.54 Å². The van der Waals surface area contributed by atoms with Gasteiger partial charge in [-0.05, 0) is 41.1 Å². The van der Waals surface area contributed by atoms with Crippen molar-refractivity contribution in [3.8, 4) is 0 Å². The molecule has 0 saturated heterocycles. The van der Waals surface area contributed by atoms with E-state index in [4.69, 9.17) is 5.73 Å². The van der Waals surface area contributed by atoms with Gasteiger partial charge in [0, 0.05) is 5.54 Å². The van der Waals surface area contributed by atoms with Crippen LogP contribution in [0.4, 0.5) is 0 Å². The summed E-state index contributed by atoms with van der Waals surface area (Å²) in [7, 11) is 0. The molecule has 1 nitrogen and oxygen atoms in total. The van der Waals surface area contributed by atoms with Crippen molar-refractivity contribution in [1.29, 1.82) is 0 Å². The van der Waals surface area contributed by atoms with Crippen LogP contribution >= 0.6 is 11.3 Å². The van der Waals surface area contributed by atoms with Crippen molar-refractivity contribution in [1.82, 2.24) is 0 Å². The van der Waals surface area contributed by atoms with Crippen LogP contribution in [0.3, 0.4) is 0 Å². The number of hydrogen-bond acceptors (Lipinski definition) is 2. The zero-order valence-corrected chi connectivity index (χ0v) is 8.45. The third-order valence-electron chi connectivity index (χ3n) is 3.00. The predicted molar refractivity (Wildman–Crippen MR) is 53.3 cm³/mol. The van der Waals surface area contributed by atoms with Crippen LogP contribution in [-0.4, -0.2) is 0 Å². The van der Waals surface area contributed by atoms with E-state index < -0.39 is 0 Å². The summed E-state index contributed by atoms with van der Waals surface area (Å²) in [6, 6.07) is 0. The molecule has 1 aliphatic rings. The maximum absolute atomic E-state index is 6.27. The SMILES string of the molecule is CCC1CC1(N)c1cscc1C. The molecule has 0 amide bonds. The normalized spacial score (nSPS) is 33.8. The van der Waals surface area contributed by atoms with Gasteiger partial charge in [-0.1, -0.05) is 13.3 Å². The highest BCUT2D eigenvalue weighted by Gasteiger charge is 2.51. The minimum atomic E-state index is 0.0405. The molecular formula is C10H15NS. The summed E-state index contributed by atoms with van der Waals surface area (Å²) in [5.74, 6) is 0.728. The van der Waals surface area contributed by atoms with Gasteiger partial charge in [-0.2, -0.15) is 11.3 Å². The fourth-order valence-electron chi connectivity index (χ4n) is 2.02. The smallest absolute Gasteiger partial charge is 0.0453 e. The summed E-state index contributed by atoms with van der Waals surface area (Å²) in [6.45, 7) is 4.38. The van der Waals surface area contributed by atoms with Gasteiger partial charge in [0.15, 0.2) is 0 Å². The van der Waals surface area contributed by atoms with Crippen LogP contribution < -0.4 is 5.73 Å². The molecule has 2 heteroatoms. The highest BCUT2D eigenvalue weighted by Crippen LogP contribution is 2.52. The van der Waals surface area contributed by atoms with Crippen molar-refractivity contribution in [2.24, 2.45) is 11.7 Å². The second-order valence-corrected chi connectivity index (χ2v) is 4.56. The third-order valence-corrected chi connectivity index (χ3v) is 3.86. The van der Waals surface area contributed by atoms with E-state index in [0.29, 0.717) is 0 Å². The van der Waals surface area contributed by atoms with E-state index in [1.54, 1.807) is 11.3 Å². The predicted octanol–water partition coefficient (Wildman–Crippen LogP) is 2.64. The standard InChI is InChI=1S/C10H15NS/c1-3-8-4-10(8,11)9-6-12-5-7(9)2/h5-6,8H,3-4,11H2,1-2H3. The van der Waals surface area contributed by atoms with Gasteiger partial charge in [-0.25, -0.2) is 0 Å². The van der Waals surface area contributed by atoms with Crippen LogP contribution in [0.1, 0.15) is 30.9 Å². The van der Waals surface area contributed by atoms with E-state index >= 15 is 0 Å². The minimum absolute atomic E-state index is 0.0405. The van der Waals surface area contributed by atoms with Crippen molar-refractivity contribution in [2.75, 3.05) is 0 Å². The van der Waals surface area contributed by atoms with Gasteiger partial charge < -0.3 is 5.73 Å². The molecule has 1 heterocycles. The van der Waals surface area contributed by atoms with Crippen molar-refractivity contribution >= 4 is 11.3 Å². The second-order valence-electron chi connectivity index (χ2n) is 3.82. The Bertz CT molecular complexity index is 292. The quantitative estimate of drug-likeness (QED) is 0.745. The van der Waals surface area contributed by atoms with Crippen molar-refractivity contribution in [3.63, 3.8) is 0 Å². The molecule has 0 aliphatic heterocycles. The van der Waals surface area contributed by atoms with Crippen molar-refractivity contribution < 1.29 is 0 Å². The zero-order valence-electron chi connectivity index (χ0n) is 7.63. The Morgan fingerprint density at radius 3 is 2.83 bits per heavy atom. The maximum Gasteiger partial charge on any atom is 0.0453 e. The first-order chi connectivity index (χ1) is 5.68. The Morgan fingerprint density at radius 2 is 2.42 bits per heavy atom. The Hall–Kier alpha value is -0.340. The third kappa shape index (κ3) is 1.02. The van der Waals surface area contributed by atoms with Crippen molar-refractivity contribution in [3.05, 3.63) is 21.9 Å².